The number of anilines is 2. The molecule has 5 heteroatoms. The minimum absolute atomic E-state index is 0.0457. The van der Waals surface area contributed by atoms with E-state index in [4.69, 9.17) is 10.8 Å². The van der Waals surface area contributed by atoms with E-state index in [1.807, 2.05) is 24.1 Å². The summed E-state index contributed by atoms with van der Waals surface area (Å²) in [5, 5.41) is 11.7. The molecule has 0 fully saturated rings. The van der Waals surface area contributed by atoms with Gasteiger partial charge in [0.15, 0.2) is 0 Å². The molecule has 1 atom stereocenters. The highest BCUT2D eigenvalue weighted by Gasteiger charge is 2.29. The van der Waals surface area contributed by atoms with Crippen LogP contribution in [0.2, 0.25) is 0 Å². The Bertz CT molecular complexity index is 434. The first-order valence-electron chi connectivity index (χ1n) is 5.63. The van der Waals surface area contributed by atoms with Crippen LogP contribution in [0.25, 0.3) is 0 Å². The molecule has 0 spiro atoms. The van der Waals surface area contributed by atoms with Gasteiger partial charge < -0.3 is 16.2 Å². The molecule has 1 aliphatic rings. The number of aliphatic hydroxyl groups excluding tert-OH is 1. The maximum atomic E-state index is 11.9. The molecule has 1 amide bonds. The van der Waals surface area contributed by atoms with E-state index in [9.17, 15) is 4.79 Å². The molecule has 0 saturated carbocycles. The summed E-state index contributed by atoms with van der Waals surface area (Å²) < 4.78 is 0. The van der Waals surface area contributed by atoms with Gasteiger partial charge in [0.1, 0.15) is 0 Å². The van der Waals surface area contributed by atoms with Gasteiger partial charge in [0.05, 0.1) is 24.0 Å². The normalized spacial score (nSPS) is 19.0. The molecular formula is C12H17N3O2. The van der Waals surface area contributed by atoms with Crippen molar-refractivity contribution < 1.29 is 9.90 Å². The first-order chi connectivity index (χ1) is 8.13. The van der Waals surface area contributed by atoms with Crippen LogP contribution in [0.4, 0.5) is 11.4 Å². The number of nitrogens with zero attached hydrogens (tertiary/aromatic N) is 1. The molecule has 0 aliphatic carbocycles. The number of fused-ring (bicyclic) bond motifs is 1. The Morgan fingerprint density at radius 1 is 1.59 bits per heavy atom. The van der Waals surface area contributed by atoms with Crippen molar-refractivity contribution in [3.63, 3.8) is 0 Å². The monoisotopic (exact) mass is 235 g/mol. The fraction of sp³-hybridized carbons (Fsp3) is 0.417. The Labute approximate surface area is 100 Å². The fourth-order valence-corrected chi connectivity index (χ4v) is 2.12. The van der Waals surface area contributed by atoms with Gasteiger partial charge in [-0.1, -0.05) is 12.1 Å². The molecule has 0 bridgehead atoms. The zero-order chi connectivity index (χ0) is 12.4. The molecule has 1 heterocycles. The van der Waals surface area contributed by atoms with Gasteiger partial charge in [-0.15, -0.1) is 0 Å². The van der Waals surface area contributed by atoms with E-state index in [1.165, 1.54) is 0 Å². The average molecular weight is 235 g/mol. The number of rotatable bonds is 3. The van der Waals surface area contributed by atoms with Gasteiger partial charge in [-0.05, 0) is 25.1 Å². The molecule has 1 unspecified atom stereocenters. The summed E-state index contributed by atoms with van der Waals surface area (Å²) in [6, 6.07) is 5.38. The number of carbonyl (C=O) groups excluding carboxylic acids is 1. The predicted molar refractivity (Wildman–Crippen MR) is 66.7 cm³/mol. The van der Waals surface area contributed by atoms with Gasteiger partial charge in [0.2, 0.25) is 5.91 Å². The first-order valence-corrected chi connectivity index (χ1v) is 5.63. The number of nitrogen functional groups attached to an aromatic ring is 1. The minimum Gasteiger partial charge on any atom is -0.397 e. The van der Waals surface area contributed by atoms with Crippen LogP contribution >= 0.6 is 0 Å². The van der Waals surface area contributed by atoms with E-state index in [1.54, 1.807) is 6.07 Å². The highest BCUT2D eigenvalue weighted by Crippen LogP contribution is 2.29. The molecule has 0 saturated heterocycles. The predicted octanol–water partition coefficient (Wildman–Crippen LogP) is 0.0561. The number of likely N-dealkylation sites (N-methyl/N-ethyl adjacent to an activating group) is 1. The molecule has 0 radical (unpaired) electrons. The zero-order valence-corrected chi connectivity index (χ0v) is 9.81. The number of nitrogens with two attached hydrogens (primary N) is 1. The highest BCUT2D eigenvalue weighted by atomic mass is 16.3. The summed E-state index contributed by atoms with van der Waals surface area (Å²) in [7, 11) is 1.83. The van der Waals surface area contributed by atoms with Crippen LogP contribution in [0.5, 0.6) is 0 Å². The van der Waals surface area contributed by atoms with Crippen molar-refractivity contribution in [1.29, 1.82) is 0 Å². The summed E-state index contributed by atoms with van der Waals surface area (Å²) in [6.45, 7) is 0.528. The second-order valence-corrected chi connectivity index (χ2v) is 4.29. The van der Waals surface area contributed by atoms with Crippen molar-refractivity contribution >= 4 is 17.3 Å². The van der Waals surface area contributed by atoms with Crippen molar-refractivity contribution in [3.05, 3.63) is 23.8 Å². The van der Waals surface area contributed by atoms with Gasteiger partial charge in [-0.2, -0.15) is 0 Å². The molecular weight excluding hydrogens is 218 g/mol. The number of benzene rings is 1. The second kappa shape index (κ2) is 4.73. The van der Waals surface area contributed by atoms with Crippen LogP contribution in [-0.2, 0) is 11.2 Å². The molecule has 4 N–H and O–H groups in total. The van der Waals surface area contributed by atoms with Crippen LogP contribution in [0.15, 0.2) is 18.2 Å². The Morgan fingerprint density at radius 2 is 2.35 bits per heavy atom. The fourth-order valence-electron chi connectivity index (χ4n) is 2.12. The summed E-state index contributed by atoms with van der Waals surface area (Å²) in [6.07, 6.45) is 0.628. The second-order valence-electron chi connectivity index (χ2n) is 4.29. The van der Waals surface area contributed by atoms with E-state index < -0.39 is 0 Å². The van der Waals surface area contributed by atoms with E-state index in [0.717, 1.165) is 11.3 Å². The van der Waals surface area contributed by atoms with Crippen molar-refractivity contribution in [3.8, 4) is 0 Å². The Balaban J connectivity index is 2.24. The lowest BCUT2D eigenvalue weighted by Gasteiger charge is -2.31. The molecule has 1 aliphatic heterocycles. The van der Waals surface area contributed by atoms with Crippen molar-refractivity contribution in [1.82, 2.24) is 4.90 Å². The topological polar surface area (TPSA) is 78.6 Å². The lowest BCUT2D eigenvalue weighted by atomic mass is 9.97. The molecule has 92 valence electrons. The lowest BCUT2D eigenvalue weighted by molar-refractivity contribution is -0.121. The third kappa shape index (κ3) is 2.25. The summed E-state index contributed by atoms with van der Waals surface area (Å²) >= 11 is 0. The third-order valence-electron chi connectivity index (χ3n) is 3.13. The zero-order valence-electron chi connectivity index (χ0n) is 9.81. The molecule has 1 aromatic carbocycles. The van der Waals surface area contributed by atoms with Crippen molar-refractivity contribution in [2.75, 3.05) is 31.2 Å². The quantitative estimate of drug-likeness (QED) is 0.647. The number of hydrogen-bond acceptors (Lipinski definition) is 4. The van der Waals surface area contributed by atoms with Gasteiger partial charge in [-0.3, -0.25) is 9.69 Å². The number of hydrogen-bond donors (Lipinski definition) is 3. The largest absolute Gasteiger partial charge is 0.397 e. The maximum absolute atomic E-state index is 11.9. The summed E-state index contributed by atoms with van der Waals surface area (Å²) in [4.78, 5) is 13.8. The van der Waals surface area contributed by atoms with Crippen molar-refractivity contribution in [2.24, 2.45) is 0 Å². The minimum atomic E-state index is -0.239. The van der Waals surface area contributed by atoms with Crippen LogP contribution in [0, 0.1) is 0 Å². The van der Waals surface area contributed by atoms with Gasteiger partial charge in [0, 0.05) is 6.54 Å². The van der Waals surface area contributed by atoms with Gasteiger partial charge >= 0.3 is 0 Å². The van der Waals surface area contributed by atoms with E-state index in [2.05, 4.69) is 5.32 Å². The standard InChI is InChI=1S/C12H17N3O2/c1-15(5-6-16)10-7-8-3-2-4-9(13)11(8)14-12(10)17/h2-4,10,16H,5-7,13H2,1H3,(H,14,17). The molecule has 17 heavy (non-hydrogen) atoms. The van der Waals surface area contributed by atoms with E-state index >= 15 is 0 Å². The first kappa shape index (κ1) is 11.9. The van der Waals surface area contributed by atoms with Crippen LogP contribution in [0.3, 0.4) is 0 Å². The third-order valence-corrected chi connectivity index (χ3v) is 3.13. The summed E-state index contributed by atoms with van der Waals surface area (Å²) in [5.74, 6) is -0.0636. The Kier molecular flexibility index (Phi) is 3.31. The van der Waals surface area contributed by atoms with Crippen LogP contribution in [-0.4, -0.2) is 42.2 Å². The van der Waals surface area contributed by atoms with Gasteiger partial charge in [0.25, 0.3) is 0 Å². The SMILES string of the molecule is CN(CCO)C1Cc2cccc(N)c2NC1=O. The Morgan fingerprint density at radius 3 is 3.06 bits per heavy atom. The van der Waals surface area contributed by atoms with Crippen molar-refractivity contribution in [2.45, 2.75) is 12.5 Å². The molecule has 5 nitrogen and oxygen atoms in total. The lowest BCUT2D eigenvalue weighted by Crippen LogP contribution is -2.47. The average Bonchev–Trinajstić information content (AvgIpc) is 2.30. The smallest absolute Gasteiger partial charge is 0.242 e. The van der Waals surface area contributed by atoms with Crippen LogP contribution < -0.4 is 11.1 Å². The molecule has 2 rings (SSSR count). The molecule has 1 aromatic rings. The highest BCUT2D eigenvalue weighted by molar-refractivity contribution is 6.00. The number of nitrogens with one attached hydrogen (secondary N) is 1. The van der Waals surface area contributed by atoms with E-state index in [0.29, 0.717) is 18.7 Å². The number of carbonyl (C=O) groups is 1. The van der Waals surface area contributed by atoms with E-state index in [-0.39, 0.29) is 18.6 Å². The number of amides is 1. The molecule has 0 aromatic heterocycles. The van der Waals surface area contributed by atoms with Gasteiger partial charge in [-0.25, -0.2) is 0 Å². The van der Waals surface area contributed by atoms with Crippen LogP contribution in [0.1, 0.15) is 5.56 Å². The number of para-hydroxylation sites is 1. The maximum Gasteiger partial charge on any atom is 0.242 e. The number of aliphatic hydroxyl groups is 1. The summed E-state index contributed by atoms with van der Waals surface area (Å²) in [5.41, 5.74) is 8.18. The Hall–Kier alpha value is -1.59.